The molecule has 0 saturated heterocycles. The molecule has 0 spiro atoms. The predicted octanol–water partition coefficient (Wildman–Crippen LogP) is 1.96. The average molecular weight is 336 g/mol. The van der Waals surface area contributed by atoms with Crippen molar-refractivity contribution in [2.75, 3.05) is 7.11 Å². The minimum atomic E-state index is 0.373. The number of rotatable bonds is 3. The van der Waals surface area contributed by atoms with E-state index >= 15 is 0 Å². The fraction of sp³-hybridized carbons (Fsp3) is 0.231. The standard InChI is InChI=1S/C13H14BrN5O/c1-18-12(8-4-3-5-9(6-8)20-2)17-19-11(14)10(7-15)16-13(18)19/h3-6H,7,15H2,1-2H3. The predicted molar refractivity (Wildman–Crippen MR) is 79.5 cm³/mol. The van der Waals surface area contributed by atoms with Crippen LogP contribution in [0.4, 0.5) is 0 Å². The number of fused-ring (bicyclic) bond motifs is 1. The summed E-state index contributed by atoms with van der Waals surface area (Å²) in [7, 11) is 3.57. The van der Waals surface area contributed by atoms with E-state index in [0.29, 0.717) is 6.54 Å². The summed E-state index contributed by atoms with van der Waals surface area (Å²) in [6.07, 6.45) is 0. The Bertz CT molecular complexity index is 777. The number of hydrogen-bond donors (Lipinski definition) is 1. The first-order chi connectivity index (χ1) is 9.65. The molecule has 2 aromatic heterocycles. The molecule has 0 aliphatic rings. The first-order valence-corrected chi connectivity index (χ1v) is 6.89. The highest BCUT2D eigenvalue weighted by Gasteiger charge is 2.17. The van der Waals surface area contributed by atoms with Crippen LogP contribution < -0.4 is 10.5 Å². The Kier molecular flexibility index (Phi) is 3.23. The van der Waals surface area contributed by atoms with Crippen molar-refractivity contribution in [3.63, 3.8) is 0 Å². The van der Waals surface area contributed by atoms with Gasteiger partial charge in [0.2, 0.25) is 5.78 Å². The zero-order valence-corrected chi connectivity index (χ0v) is 12.8. The van der Waals surface area contributed by atoms with Crippen molar-refractivity contribution >= 4 is 21.7 Å². The smallest absolute Gasteiger partial charge is 0.233 e. The highest BCUT2D eigenvalue weighted by molar-refractivity contribution is 9.10. The lowest BCUT2D eigenvalue weighted by Crippen LogP contribution is -1.99. The Morgan fingerprint density at radius 3 is 2.85 bits per heavy atom. The van der Waals surface area contributed by atoms with Gasteiger partial charge in [0.25, 0.3) is 0 Å². The van der Waals surface area contributed by atoms with Crippen molar-refractivity contribution in [2.24, 2.45) is 12.8 Å². The Morgan fingerprint density at radius 1 is 1.40 bits per heavy atom. The third kappa shape index (κ3) is 1.90. The maximum Gasteiger partial charge on any atom is 0.233 e. The molecule has 0 amide bonds. The van der Waals surface area contributed by atoms with Gasteiger partial charge in [0.05, 0.1) is 12.8 Å². The Morgan fingerprint density at radius 2 is 2.20 bits per heavy atom. The topological polar surface area (TPSA) is 70.4 Å². The van der Waals surface area contributed by atoms with Crippen molar-refractivity contribution in [1.82, 2.24) is 19.2 Å². The quantitative estimate of drug-likeness (QED) is 0.794. The fourth-order valence-corrected chi connectivity index (χ4v) is 2.62. The number of aryl methyl sites for hydroxylation is 1. The van der Waals surface area contributed by atoms with Crippen molar-refractivity contribution in [2.45, 2.75) is 6.54 Å². The molecule has 6 nitrogen and oxygen atoms in total. The summed E-state index contributed by atoms with van der Waals surface area (Å²) in [4.78, 5) is 4.48. The Labute approximate surface area is 124 Å². The fourth-order valence-electron chi connectivity index (χ4n) is 2.13. The van der Waals surface area contributed by atoms with Gasteiger partial charge in [-0.05, 0) is 28.1 Å². The molecule has 0 aliphatic carbocycles. The van der Waals surface area contributed by atoms with Gasteiger partial charge in [0.1, 0.15) is 10.4 Å². The van der Waals surface area contributed by atoms with Gasteiger partial charge in [-0.3, -0.25) is 4.57 Å². The van der Waals surface area contributed by atoms with Gasteiger partial charge in [-0.2, -0.15) is 4.52 Å². The zero-order chi connectivity index (χ0) is 14.3. The van der Waals surface area contributed by atoms with Gasteiger partial charge in [0, 0.05) is 19.2 Å². The summed E-state index contributed by atoms with van der Waals surface area (Å²) in [6.45, 7) is 0.373. The lowest BCUT2D eigenvalue weighted by atomic mass is 10.2. The van der Waals surface area contributed by atoms with Crippen LogP contribution in [-0.4, -0.2) is 26.3 Å². The molecular formula is C13H14BrN5O. The SMILES string of the molecule is COc1cccc(-c2nn3c(Br)c(CN)nc3n2C)c1. The summed E-state index contributed by atoms with van der Waals surface area (Å²) in [5, 5.41) is 4.59. The van der Waals surface area contributed by atoms with Crippen LogP contribution in [0.15, 0.2) is 28.9 Å². The van der Waals surface area contributed by atoms with Crippen molar-refractivity contribution in [3.05, 3.63) is 34.6 Å². The van der Waals surface area contributed by atoms with Crippen molar-refractivity contribution in [1.29, 1.82) is 0 Å². The molecule has 0 aliphatic heterocycles. The van der Waals surface area contributed by atoms with Crippen LogP contribution in [0, 0.1) is 0 Å². The lowest BCUT2D eigenvalue weighted by Gasteiger charge is -2.03. The van der Waals surface area contributed by atoms with E-state index in [1.54, 1.807) is 11.6 Å². The number of aromatic nitrogens is 4. The van der Waals surface area contributed by atoms with Crippen LogP contribution in [0.1, 0.15) is 5.69 Å². The normalized spacial score (nSPS) is 11.2. The molecule has 104 valence electrons. The maximum atomic E-state index is 5.65. The van der Waals surface area contributed by atoms with Crippen LogP contribution in [0.25, 0.3) is 17.2 Å². The van der Waals surface area contributed by atoms with Crippen LogP contribution >= 0.6 is 15.9 Å². The van der Waals surface area contributed by atoms with E-state index in [1.165, 1.54) is 0 Å². The van der Waals surface area contributed by atoms with Crippen molar-refractivity contribution in [3.8, 4) is 17.1 Å². The van der Waals surface area contributed by atoms with Gasteiger partial charge < -0.3 is 10.5 Å². The summed E-state index contributed by atoms with van der Waals surface area (Å²) in [6, 6.07) is 7.77. The zero-order valence-electron chi connectivity index (χ0n) is 11.2. The maximum absolute atomic E-state index is 5.65. The average Bonchev–Trinajstić information content (AvgIpc) is 2.97. The van der Waals surface area contributed by atoms with E-state index in [0.717, 1.165) is 33.2 Å². The Hall–Kier alpha value is -1.86. The molecule has 1 aromatic carbocycles. The third-order valence-corrected chi connectivity index (χ3v) is 3.98. The summed E-state index contributed by atoms with van der Waals surface area (Å²) < 4.78 is 9.71. The number of nitrogens with two attached hydrogens (primary N) is 1. The second-order valence-corrected chi connectivity index (χ2v) is 5.13. The molecule has 0 unspecified atom stereocenters. The molecule has 3 rings (SSSR count). The first-order valence-electron chi connectivity index (χ1n) is 6.10. The van der Waals surface area contributed by atoms with Crippen LogP contribution in [-0.2, 0) is 13.6 Å². The summed E-state index contributed by atoms with van der Waals surface area (Å²) in [5.41, 5.74) is 7.41. The van der Waals surface area contributed by atoms with E-state index < -0.39 is 0 Å². The molecule has 0 radical (unpaired) electrons. The molecule has 0 saturated carbocycles. The van der Waals surface area contributed by atoms with Gasteiger partial charge in [0.15, 0.2) is 5.82 Å². The first kappa shape index (κ1) is 13.1. The summed E-state index contributed by atoms with van der Waals surface area (Å²) in [5.74, 6) is 2.36. The molecule has 2 heterocycles. The molecule has 2 N–H and O–H groups in total. The molecule has 3 aromatic rings. The van der Waals surface area contributed by atoms with Gasteiger partial charge in [-0.25, -0.2) is 4.98 Å². The number of benzene rings is 1. The Balaban J connectivity index is 2.19. The molecule has 0 atom stereocenters. The van der Waals surface area contributed by atoms with E-state index in [1.807, 2.05) is 35.9 Å². The van der Waals surface area contributed by atoms with E-state index in [-0.39, 0.29) is 0 Å². The summed E-state index contributed by atoms with van der Waals surface area (Å²) >= 11 is 3.48. The lowest BCUT2D eigenvalue weighted by molar-refractivity contribution is 0.415. The van der Waals surface area contributed by atoms with Crippen molar-refractivity contribution < 1.29 is 4.74 Å². The number of imidazole rings is 1. The number of halogens is 1. The molecule has 0 fully saturated rings. The second-order valence-electron chi connectivity index (χ2n) is 4.38. The van der Waals surface area contributed by atoms with Crippen LogP contribution in [0.5, 0.6) is 5.75 Å². The van der Waals surface area contributed by atoms with Gasteiger partial charge in [-0.1, -0.05) is 12.1 Å². The second kappa shape index (κ2) is 4.92. The minimum absolute atomic E-state index is 0.373. The number of hydrogen-bond acceptors (Lipinski definition) is 4. The molecular weight excluding hydrogens is 322 g/mol. The highest BCUT2D eigenvalue weighted by atomic mass is 79.9. The number of nitrogens with zero attached hydrogens (tertiary/aromatic N) is 4. The third-order valence-electron chi connectivity index (χ3n) is 3.18. The van der Waals surface area contributed by atoms with E-state index in [9.17, 15) is 0 Å². The van der Waals surface area contributed by atoms with Crippen LogP contribution in [0.2, 0.25) is 0 Å². The molecule has 7 heteroatoms. The monoisotopic (exact) mass is 335 g/mol. The van der Waals surface area contributed by atoms with Crippen LogP contribution in [0.3, 0.4) is 0 Å². The molecule has 20 heavy (non-hydrogen) atoms. The highest BCUT2D eigenvalue weighted by Crippen LogP contribution is 2.26. The van der Waals surface area contributed by atoms with E-state index in [4.69, 9.17) is 10.5 Å². The largest absolute Gasteiger partial charge is 0.497 e. The van der Waals surface area contributed by atoms with Gasteiger partial charge >= 0.3 is 0 Å². The number of methoxy groups -OCH3 is 1. The van der Waals surface area contributed by atoms with E-state index in [2.05, 4.69) is 26.0 Å². The van der Waals surface area contributed by atoms with Gasteiger partial charge in [-0.15, -0.1) is 5.10 Å². The minimum Gasteiger partial charge on any atom is -0.497 e. The number of ether oxygens (including phenoxy) is 1. The molecule has 0 bridgehead atoms.